The molecule has 0 unspecified atom stereocenters. The molecule has 26 heavy (non-hydrogen) atoms. The minimum Gasteiger partial charge on any atom is -0.353 e. The number of carbonyl (C=O) groups is 1. The fourth-order valence-electron chi connectivity index (χ4n) is 2.96. The van der Waals surface area contributed by atoms with Gasteiger partial charge in [-0.05, 0) is 38.8 Å². The Labute approximate surface area is 161 Å². The molecule has 1 saturated heterocycles. The third-order valence-electron chi connectivity index (χ3n) is 4.93. The van der Waals surface area contributed by atoms with Gasteiger partial charge in [0.25, 0.3) is 0 Å². The highest BCUT2D eigenvalue weighted by Gasteiger charge is 2.17. The van der Waals surface area contributed by atoms with Crippen molar-refractivity contribution in [2.45, 2.75) is 64.2 Å². The quantitative estimate of drug-likeness (QED) is 0.500. The fourth-order valence-corrected chi connectivity index (χ4v) is 3.73. The summed E-state index contributed by atoms with van der Waals surface area (Å²) < 4.78 is 2.08. The maximum Gasteiger partial charge on any atom is 0.230 e. The number of allylic oxidation sites excluding steroid dienone is 1. The fraction of sp³-hybridized carbons (Fsp3) is 0.737. The van der Waals surface area contributed by atoms with E-state index < -0.39 is 0 Å². The minimum atomic E-state index is 0.0409. The van der Waals surface area contributed by atoms with Gasteiger partial charge in [0.15, 0.2) is 5.16 Å². The van der Waals surface area contributed by atoms with Crippen LogP contribution in [0.25, 0.3) is 0 Å². The monoisotopic (exact) mass is 379 g/mol. The maximum absolute atomic E-state index is 12.1. The molecule has 1 aliphatic rings. The summed E-state index contributed by atoms with van der Waals surface area (Å²) in [5.74, 6) is 1.81. The first-order chi connectivity index (χ1) is 12.5. The largest absolute Gasteiger partial charge is 0.353 e. The Balaban J connectivity index is 1.90. The highest BCUT2D eigenvalue weighted by Crippen LogP contribution is 2.18. The minimum absolute atomic E-state index is 0.0409. The van der Waals surface area contributed by atoms with E-state index in [0.29, 0.717) is 18.2 Å². The molecule has 1 amide bonds. The highest BCUT2D eigenvalue weighted by molar-refractivity contribution is 7.99. The molecule has 1 aromatic heterocycles. The third kappa shape index (κ3) is 6.43. The molecule has 1 aliphatic heterocycles. The number of piperidine rings is 1. The summed E-state index contributed by atoms with van der Waals surface area (Å²) >= 11 is 1.45. The van der Waals surface area contributed by atoms with Gasteiger partial charge in [-0.2, -0.15) is 0 Å². The van der Waals surface area contributed by atoms with Gasteiger partial charge in [0.2, 0.25) is 5.91 Å². The predicted molar refractivity (Wildman–Crippen MR) is 107 cm³/mol. The van der Waals surface area contributed by atoms with Gasteiger partial charge in [0.05, 0.1) is 5.75 Å². The van der Waals surface area contributed by atoms with Crippen LogP contribution in [0.4, 0.5) is 0 Å². The molecule has 2 heterocycles. The van der Waals surface area contributed by atoms with Gasteiger partial charge in [-0.1, -0.05) is 38.1 Å². The molecule has 1 N–H and O–H groups in total. The SMILES string of the molecule is C=CCn1c(CCN2CCCCC2)nnc1SCC(=O)N[C@@H](C)C(C)C. The second-order valence-corrected chi connectivity index (χ2v) is 8.28. The second-order valence-electron chi connectivity index (χ2n) is 7.34. The normalized spacial score (nSPS) is 16.6. The molecule has 0 radical (unpaired) electrons. The second kappa shape index (κ2) is 10.7. The Hall–Kier alpha value is -1.34. The number of rotatable bonds is 10. The zero-order valence-electron chi connectivity index (χ0n) is 16.4. The number of nitrogens with one attached hydrogen (secondary N) is 1. The van der Waals surface area contributed by atoms with Crippen LogP contribution in [0.3, 0.4) is 0 Å². The zero-order chi connectivity index (χ0) is 18.9. The predicted octanol–water partition coefficient (Wildman–Crippen LogP) is 2.75. The molecule has 1 fully saturated rings. The van der Waals surface area contributed by atoms with Crippen LogP contribution in [0.5, 0.6) is 0 Å². The van der Waals surface area contributed by atoms with Crippen LogP contribution in [0.2, 0.25) is 0 Å². The van der Waals surface area contributed by atoms with Crippen molar-refractivity contribution in [3.05, 3.63) is 18.5 Å². The Morgan fingerprint density at radius 3 is 2.65 bits per heavy atom. The van der Waals surface area contributed by atoms with Gasteiger partial charge in [-0.25, -0.2) is 0 Å². The Morgan fingerprint density at radius 2 is 2.00 bits per heavy atom. The first kappa shape index (κ1) is 21.0. The standard InChI is InChI=1S/C19H33N5OS/c1-5-10-24-17(9-13-23-11-7-6-8-12-23)21-22-19(24)26-14-18(25)20-16(4)15(2)3/h5,15-16H,1,6-14H2,2-4H3,(H,20,25)/t16-/m0/s1. The molecule has 7 heteroatoms. The lowest BCUT2D eigenvalue weighted by Gasteiger charge is -2.26. The van der Waals surface area contributed by atoms with Crippen LogP contribution >= 0.6 is 11.8 Å². The van der Waals surface area contributed by atoms with E-state index >= 15 is 0 Å². The van der Waals surface area contributed by atoms with Crippen molar-refractivity contribution in [2.24, 2.45) is 5.92 Å². The number of hydrogen-bond acceptors (Lipinski definition) is 5. The molecular formula is C19H33N5OS. The van der Waals surface area contributed by atoms with Crippen LogP contribution in [0.1, 0.15) is 45.9 Å². The van der Waals surface area contributed by atoms with E-state index in [2.05, 4.69) is 45.4 Å². The van der Waals surface area contributed by atoms with Crippen molar-refractivity contribution in [3.8, 4) is 0 Å². The highest BCUT2D eigenvalue weighted by atomic mass is 32.2. The molecule has 0 spiro atoms. The summed E-state index contributed by atoms with van der Waals surface area (Å²) in [5, 5.41) is 12.5. The van der Waals surface area contributed by atoms with E-state index in [-0.39, 0.29) is 11.9 Å². The number of nitrogens with zero attached hydrogens (tertiary/aromatic N) is 4. The molecular weight excluding hydrogens is 346 g/mol. The smallest absolute Gasteiger partial charge is 0.230 e. The van der Waals surface area contributed by atoms with E-state index in [9.17, 15) is 4.79 Å². The van der Waals surface area contributed by atoms with Gasteiger partial charge >= 0.3 is 0 Å². The number of thioether (sulfide) groups is 1. The average molecular weight is 380 g/mol. The van der Waals surface area contributed by atoms with Gasteiger partial charge < -0.3 is 14.8 Å². The molecule has 0 saturated carbocycles. The number of carbonyl (C=O) groups excluding carboxylic acids is 1. The van der Waals surface area contributed by atoms with Gasteiger partial charge in [0.1, 0.15) is 5.82 Å². The zero-order valence-corrected chi connectivity index (χ0v) is 17.2. The van der Waals surface area contributed by atoms with Crippen molar-refractivity contribution in [2.75, 3.05) is 25.4 Å². The summed E-state index contributed by atoms with van der Waals surface area (Å²) in [6.45, 7) is 14.2. The molecule has 0 aromatic carbocycles. The Bertz CT molecular complexity index is 580. The topological polar surface area (TPSA) is 63.1 Å². The first-order valence-corrected chi connectivity index (χ1v) is 10.7. The van der Waals surface area contributed by atoms with Gasteiger partial charge in [0, 0.05) is 25.6 Å². The van der Waals surface area contributed by atoms with Crippen molar-refractivity contribution in [1.29, 1.82) is 0 Å². The number of likely N-dealkylation sites (tertiary alicyclic amines) is 1. The van der Waals surface area contributed by atoms with Crippen molar-refractivity contribution >= 4 is 17.7 Å². The van der Waals surface area contributed by atoms with E-state index in [1.54, 1.807) is 0 Å². The lowest BCUT2D eigenvalue weighted by atomic mass is 10.1. The lowest BCUT2D eigenvalue weighted by Crippen LogP contribution is -2.37. The summed E-state index contributed by atoms with van der Waals surface area (Å²) in [4.78, 5) is 14.6. The van der Waals surface area contributed by atoms with Crippen molar-refractivity contribution < 1.29 is 4.79 Å². The van der Waals surface area contributed by atoms with E-state index in [1.807, 2.05) is 13.0 Å². The molecule has 6 nitrogen and oxygen atoms in total. The number of hydrogen-bond donors (Lipinski definition) is 1. The van der Waals surface area contributed by atoms with Crippen LogP contribution in [-0.4, -0.2) is 57.0 Å². The molecule has 2 rings (SSSR count). The van der Waals surface area contributed by atoms with Gasteiger partial charge in [-0.15, -0.1) is 16.8 Å². The van der Waals surface area contributed by atoms with E-state index in [1.165, 1.54) is 44.1 Å². The van der Waals surface area contributed by atoms with Crippen LogP contribution < -0.4 is 5.32 Å². The van der Waals surface area contributed by atoms with E-state index in [4.69, 9.17) is 0 Å². The summed E-state index contributed by atoms with van der Waals surface area (Å²) in [6, 6.07) is 0.175. The third-order valence-corrected chi connectivity index (χ3v) is 5.89. The average Bonchev–Trinajstić information content (AvgIpc) is 3.01. The Morgan fingerprint density at radius 1 is 1.27 bits per heavy atom. The van der Waals surface area contributed by atoms with Gasteiger partial charge in [-0.3, -0.25) is 4.79 Å². The van der Waals surface area contributed by atoms with Crippen LogP contribution in [-0.2, 0) is 17.8 Å². The Kier molecular flexibility index (Phi) is 8.65. The molecule has 0 bridgehead atoms. The maximum atomic E-state index is 12.1. The molecule has 146 valence electrons. The van der Waals surface area contributed by atoms with Crippen LogP contribution in [0.15, 0.2) is 17.8 Å². The summed E-state index contributed by atoms with van der Waals surface area (Å²) in [7, 11) is 0. The lowest BCUT2D eigenvalue weighted by molar-refractivity contribution is -0.119. The van der Waals surface area contributed by atoms with Crippen LogP contribution in [0, 0.1) is 5.92 Å². The number of aromatic nitrogens is 3. The van der Waals surface area contributed by atoms with E-state index in [0.717, 1.165) is 23.9 Å². The van der Waals surface area contributed by atoms with Crippen molar-refractivity contribution in [3.63, 3.8) is 0 Å². The first-order valence-electron chi connectivity index (χ1n) is 9.68. The number of amides is 1. The summed E-state index contributed by atoms with van der Waals surface area (Å²) in [5.41, 5.74) is 0. The van der Waals surface area contributed by atoms with Crippen molar-refractivity contribution in [1.82, 2.24) is 25.0 Å². The molecule has 1 atom stereocenters. The molecule has 0 aliphatic carbocycles. The summed E-state index contributed by atoms with van der Waals surface area (Å²) in [6.07, 6.45) is 6.69. The molecule has 1 aromatic rings.